The van der Waals surface area contributed by atoms with E-state index < -0.39 is 6.16 Å². The van der Waals surface area contributed by atoms with Crippen molar-refractivity contribution < 1.29 is 74.1 Å². The zero-order valence-electron chi connectivity index (χ0n) is 7.69. The second-order valence-electron chi connectivity index (χ2n) is 1.66. The van der Waals surface area contributed by atoms with Crippen LogP contribution in [-0.4, -0.2) is 6.16 Å². The summed E-state index contributed by atoms with van der Waals surface area (Å²) < 4.78 is 0. The maximum absolute atomic E-state index is 8.33. The van der Waals surface area contributed by atoms with Crippen molar-refractivity contribution in [1.82, 2.24) is 0 Å². The third kappa shape index (κ3) is 18.9. The molecule has 1 rings (SSSR count). The first kappa shape index (κ1) is 19.0. The largest absolute Gasteiger partial charge is 1.00 e. The van der Waals surface area contributed by atoms with E-state index >= 15 is 0 Å². The standard InChI is InChI=1S/C6H7N.CH2O3.2Na/c7-6-4-2-1-3-5-6;2-1(3)4;;/h1-5H,7H2;(H2,2,3,4);;/q;;2*+1/p-2. The summed E-state index contributed by atoms with van der Waals surface area (Å²) in [6.07, 6.45) is -2.33. The molecule has 4 nitrogen and oxygen atoms in total. The summed E-state index contributed by atoms with van der Waals surface area (Å²) in [6, 6.07) is 9.49. The second kappa shape index (κ2) is 12.3. The van der Waals surface area contributed by atoms with Gasteiger partial charge in [-0.05, 0) is 18.3 Å². The predicted molar refractivity (Wildman–Crippen MR) is 36.3 cm³/mol. The molecule has 1 aromatic rings. The van der Waals surface area contributed by atoms with Gasteiger partial charge in [-0.15, -0.1) is 0 Å². The number of rotatable bonds is 0. The van der Waals surface area contributed by atoms with E-state index in [-0.39, 0.29) is 59.1 Å². The van der Waals surface area contributed by atoms with Crippen LogP contribution in [0.4, 0.5) is 10.5 Å². The SMILES string of the molecule is Nc1ccccc1.O=C([O-])[O-].[Na+].[Na+]. The Balaban J connectivity index is -0.000000150. The summed E-state index contributed by atoms with van der Waals surface area (Å²) in [7, 11) is 0. The molecular weight excluding hydrogens is 192 g/mol. The summed E-state index contributed by atoms with van der Waals surface area (Å²) in [5.41, 5.74) is 6.18. The zero-order chi connectivity index (χ0) is 8.69. The van der Waals surface area contributed by atoms with Gasteiger partial charge in [-0.3, -0.25) is 0 Å². The molecular formula is C7H7NNa2O3. The molecule has 0 saturated carbocycles. The van der Waals surface area contributed by atoms with Crippen LogP contribution in [0.5, 0.6) is 0 Å². The molecule has 0 aliphatic carbocycles. The van der Waals surface area contributed by atoms with Crippen molar-refractivity contribution in [3.05, 3.63) is 30.3 Å². The van der Waals surface area contributed by atoms with E-state index in [2.05, 4.69) is 0 Å². The number of para-hydroxylation sites is 1. The first-order chi connectivity index (χ1) is 5.13. The number of carbonyl (C=O) groups is 1. The topological polar surface area (TPSA) is 89.2 Å². The molecule has 1 aromatic carbocycles. The third-order valence-electron chi connectivity index (χ3n) is 0.800. The average molecular weight is 199 g/mol. The molecule has 0 saturated heterocycles. The number of carbonyl (C=O) groups excluding carboxylic acids is 1. The van der Waals surface area contributed by atoms with Crippen LogP contribution >= 0.6 is 0 Å². The molecule has 0 unspecified atom stereocenters. The summed E-state index contributed by atoms with van der Waals surface area (Å²) in [4.78, 5) is 8.33. The maximum Gasteiger partial charge on any atom is 1.00 e. The number of carboxylic acid groups (broad SMARTS) is 2. The second-order valence-corrected chi connectivity index (χ2v) is 1.66. The van der Waals surface area contributed by atoms with Crippen LogP contribution in [0, 0.1) is 0 Å². The van der Waals surface area contributed by atoms with Gasteiger partial charge in [0.2, 0.25) is 0 Å². The summed E-state index contributed by atoms with van der Waals surface area (Å²) in [5.74, 6) is 0. The van der Waals surface area contributed by atoms with E-state index in [1.807, 2.05) is 30.3 Å². The maximum atomic E-state index is 8.33. The minimum absolute atomic E-state index is 0. The minimum atomic E-state index is -2.33. The first-order valence-corrected chi connectivity index (χ1v) is 2.81. The first-order valence-electron chi connectivity index (χ1n) is 2.81. The monoisotopic (exact) mass is 199 g/mol. The van der Waals surface area contributed by atoms with Crippen LogP contribution in [0.1, 0.15) is 0 Å². The Hall–Kier alpha value is 0.290. The van der Waals surface area contributed by atoms with Gasteiger partial charge in [0.15, 0.2) is 0 Å². The van der Waals surface area contributed by atoms with Crippen molar-refractivity contribution in [2.45, 2.75) is 0 Å². The number of nitrogen functional groups attached to an aromatic ring is 1. The quantitative estimate of drug-likeness (QED) is 0.332. The fraction of sp³-hybridized carbons (Fsp3) is 0. The van der Waals surface area contributed by atoms with Gasteiger partial charge in [0.05, 0.1) is 0 Å². The molecule has 0 atom stereocenters. The number of hydrogen-bond donors (Lipinski definition) is 1. The van der Waals surface area contributed by atoms with Gasteiger partial charge in [0, 0.05) is 5.69 Å². The fourth-order valence-corrected chi connectivity index (χ4v) is 0.453. The molecule has 0 spiro atoms. The Labute approximate surface area is 121 Å². The molecule has 0 radical (unpaired) electrons. The molecule has 2 N–H and O–H groups in total. The summed E-state index contributed by atoms with van der Waals surface area (Å²) in [6.45, 7) is 0. The van der Waals surface area contributed by atoms with Gasteiger partial charge < -0.3 is 20.7 Å². The molecule has 0 heterocycles. The van der Waals surface area contributed by atoms with Crippen LogP contribution in [0.25, 0.3) is 0 Å². The molecule has 0 aliphatic rings. The van der Waals surface area contributed by atoms with Crippen molar-refractivity contribution >= 4 is 11.8 Å². The Morgan fingerprint density at radius 1 is 1.08 bits per heavy atom. The Morgan fingerprint density at radius 3 is 1.54 bits per heavy atom. The Morgan fingerprint density at radius 2 is 1.38 bits per heavy atom. The van der Waals surface area contributed by atoms with Crippen molar-refractivity contribution in [1.29, 1.82) is 0 Å². The van der Waals surface area contributed by atoms with E-state index in [1.54, 1.807) is 0 Å². The third-order valence-corrected chi connectivity index (χ3v) is 0.800. The summed E-state index contributed by atoms with van der Waals surface area (Å²) in [5, 5.41) is 16.7. The Bertz CT molecular complexity index is 214. The average Bonchev–Trinajstić information content (AvgIpc) is 1.87. The normalized spacial score (nSPS) is 6.46. The van der Waals surface area contributed by atoms with Crippen molar-refractivity contribution in [2.75, 3.05) is 5.73 Å². The molecule has 13 heavy (non-hydrogen) atoms. The molecule has 0 fully saturated rings. The number of benzene rings is 1. The van der Waals surface area contributed by atoms with E-state index in [9.17, 15) is 0 Å². The van der Waals surface area contributed by atoms with Crippen molar-refractivity contribution in [3.8, 4) is 0 Å². The van der Waals surface area contributed by atoms with E-state index in [0.717, 1.165) is 5.69 Å². The molecule has 0 bridgehead atoms. The van der Waals surface area contributed by atoms with Crippen LogP contribution in [0.15, 0.2) is 30.3 Å². The van der Waals surface area contributed by atoms with Crippen LogP contribution in [0.3, 0.4) is 0 Å². The molecule has 0 amide bonds. The number of nitrogens with two attached hydrogens (primary N) is 1. The van der Waals surface area contributed by atoms with Gasteiger partial charge in [0.1, 0.15) is 0 Å². The predicted octanol–water partition coefficient (Wildman–Crippen LogP) is -7.17. The van der Waals surface area contributed by atoms with Gasteiger partial charge in [-0.2, -0.15) is 0 Å². The molecule has 0 aromatic heterocycles. The van der Waals surface area contributed by atoms with Crippen molar-refractivity contribution in [3.63, 3.8) is 0 Å². The van der Waals surface area contributed by atoms with E-state index in [0.29, 0.717) is 0 Å². The number of hydrogen-bond acceptors (Lipinski definition) is 4. The van der Waals surface area contributed by atoms with Gasteiger partial charge in [0.25, 0.3) is 0 Å². The van der Waals surface area contributed by atoms with E-state index in [4.69, 9.17) is 20.7 Å². The number of anilines is 1. The Kier molecular flexibility index (Phi) is 17.9. The molecule has 60 valence electrons. The fourth-order valence-electron chi connectivity index (χ4n) is 0.453. The van der Waals surface area contributed by atoms with Gasteiger partial charge >= 0.3 is 59.1 Å². The van der Waals surface area contributed by atoms with Gasteiger partial charge in [-0.1, -0.05) is 18.2 Å². The van der Waals surface area contributed by atoms with Crippen molar-refractivity contribution in [2.24, 2.45) is 0 Å². The zero-order valence-corrected chi connectivity index (χ0v) is 11.7. The summed E-state index contributed by atoms with van der Waals surface area (Å²) >= 11 is 0. The van der Waals surface area contributed by atoms with Crippen LogP contribution < -0.4 is 75.1 Å². The van der Waals surface area contributed by atoms with Crippen LogP contribution in [-0.2, 0) is 0 Å². The van der Waals surface area contributed by atoms with Crippen LogP contribution in [0.2, 0.25) is 0 Å². The smallest absolute Gasteiger partial charge is 0.652 e. The van der Waals surface area contributed by atoms with E-state index in [1.165, 1.54) is 0 Å². The minimum Gasteiger partial charge on any atom is -0.652 e. The molecule has 0 aliphatic heterocycles. The van der Waals surface area contributed by atoms with Gasteiger partial charge in [-0.25, -0.2) is 0 Å². The molecule has 6 heteroatoms.